The zero-order valence-electron chi connectivity index (χ0n) is 11.5. The van der Waals surface area contributed by atoms with Crippen LogP contribution in [0.15, 0.2) is 0 Å². The first-order valence-corrected chi connectivity index (χ1v) is 6.88. The Labute approximate surface area is 105 Å². The van der Waals surface area contributed by atoms with E-state index in [9.17, 15) is 0 Å². The summed E-state index contributed by atoms with van der Waals surface area (Å²) in [6, 6.07) is 0. The Morgan fingerprint density at radius 2 is 1.82 bits per heavy atom. The summed E-state index contributed by atoms with van der Waals surface area (Å²) in [5, 5.41) is 3.40. The van der Waals surface area contributed by atoms with E-state index in [4.69, 9.17) is 4.74 Å². The van der Waals surface area contributed by atoms with Crippen molar-refractivity contribution in [3.63, 3.8) is 0 Å². The van der Waals surface area contributed by atoms with Crippen LogP contribution < -0.4 is 5.32 Å². The van der Waals surface area contributed by atoms with E-state index in [2.05, 4.69) is 35.9 Å². The van der Waals surface area contributed by atoms with Crippen LogP contribution in [0.3, 0.4) is 0 Å². The molecular weight excluding hydrogens is 214 g/mol. The first kappa shape index (κ1) is 13.3. The molecule has 2 aliphatic rings. The summed E-state index contributed by atoms with van der Waals surface area (Å²) in [5.41, 5.74) is 0.0150. The van der Waals surface area contributed by atoms with Crippen LogP contribution >= 0.6 is 0 Å². The fourth-order valence-corrected chi connectivity index (χ4v) is 2.97. The van der Waals surface area contributed by atoms with Crippen LogP contribution in [0.4, 0.5) is 0 Å². The van der Waals surface area contributed by atoms with E-state index in [0.717, 1.165) is 26.2 Å². The van der Waals surface area contributed by atoms with Gasteiger partial charge >= 0.3 is 0 Å². The van der Waals surface area contributed by atoms with Crippen molar-refractivity contribution >= 4 is 0 Å². The van der Waals surface area contributed by atoms with Crippen molar-refractivity contribution in [3.05, 3.63) is 0 Å². The highest BCUT2D eigenvalue weighted by Gasteiger charge is 2.31. The molecule has 1 unspecified atom stereocenters. The van der Waals surface area contributed by atoms with Crippen molar-refractivity contribution in [1.82, 2.24) is 15.1 Å². The molecular formula is C13H27N3O. The summed E-state index contributed by atoms with van der Waals surface area (Å²) in [4.78, 5) is 5.11. The minimum Gasteiger partial charge on any atom is -0.370 e. The van der Waals surface area contributed by atoms with Gasteiger partial charge in [0.1, 0.15) is 0 Å². The molecule has 4 heteroatoms. The third-order valence-electron chi connectivity index (χ3n) is 3.58. The van der Waals surface area contributed by atoms with Crippen LogP contribution in [0.25, 0.3) is 0 Å². The quantitative estimate of drug-likeness (QED) is 0.774. The van der Waals surface area contributed by atoms with Crippen LogP contribution in [0.1, 0.15) is 20.8 Å². The van der Waals surface area contributed by atoms with E-state index >= 15 is 0 Å². The van der Waals surface area contributed by atoms with Crippen molar-refractivity contribution in [2.45, 2.75) is 32.5 Å². The molecule has 1 N–H and O–H groups in total. The van der Waals surface area contributed by atoms with E-state index in [1.54, 1.807) is 0 Å². The van der Waals surface area contributed by atoms with Crippen molar-refractivity contribution in [2.75, 3.05) is 52.4 Å². The van der Waals surface area contributed by atoms with Crippen molar-refractivity contribution < 1.29 is 4.74 Å². The minimum absolute atomic E-state index is 0.0150. The Kier molecular flexibility index (Phi) is 4.42. The monoisotopic (exact) mass is 241 g/mol. The second-order valence-electron chi connectivity index (χ2n) is 6.01. The molecule has 0 amide bonds. The van der Waals surface area contributed by atoms with Gasteiger partial charge in [-0.1, -0.05) is 0 Å². The maximum Gasteiger partial charge on any atom is 0.0757 e. The first-order valence-electron chi connectivity index (χ1n) is 6.88. The predicted octanol–water partition coefficient (Wildman–Crippen LogP) is 0.391. The van der Waals surface area contributed by atoms with Gasteiger partial charge < -0.3 is 10.1 Å². The average Bonchev–Trinajstić information content (AvgIpc) is 2.25. The number of rotatable bonds is 3. The molecule has 4 nitrogen and oxygen atoms in total. The molecule has 17 heavy (non-hydrogen) atoms. The maximum absolute atomic E-state index is 5.93. The summed E-state index contributed by atoms with van der Waals surface area (Å²) in [5.74, 6) is 0. The lowest BCUT2D eigenvalue weighted by molar-refractivity contribution is -0.129. The summed E-state index contributed by atoms with van der Waals surface area (Å²) in [6.07, 6.45) is 0.363. The first-order chi connectivity index (χ1) is 8.05. The van der Waals surface area contributed by atoms with Gasteiger partial charge in [0.25, 0.3) is 0 Å². The average molecular weight is 241 g/mol. The van der Waals surface area contributed by atoms with Crippen LogP contribution in [-0.2, 0) is 4.74 Å². The fourth-order valence-electron chi connectivity index (χ4n) is 2.97. The van der Waals surface area contributed by atoms with Gasteiger partial charge in [-0.2, -0.15) is 0 Å². The van der Waals surface area contributed by atoms with Crippen molar-refractivity contribution in [2.24, 2.45) is 0 Å². The molecule has 2 heterocycles. The molecule has 2 saturated heterocycles. The molecule has 0 radical (unpaired) electrons. The Morgan fingerprint density at radius 1 is 1.18 bits per heavy atom. The Morgan fingerprint density at radius 3 is 2.47 bits per heavy atom. The van der Waals surface area contributed by atoms with Gasteiger partial charge in [0.05, 0.1) is 11.7 Å². The molecule has 1 atom stereocenters. The predicted molar refractivity (Wildman–Crippen MR) is 70.4 cm³/mol. The van der Waals surface area contributed by atoms with Gasteiger partial charge in [0.2, 0.25) is 0 Å². The van der Waals surface area contributed by atoms with E-state index < -0.39 is 0 Å². The van der Waals surface area contributed by atoms with E-state index in [-0.39, 0.29) is 5.60 Å². The molecule has 2 rings (SSSR count). The second-order valence-corrected chi connectivity index (χ2v) is 6.01. The molecule has 100 valence electrons. The lowest BCUT2D eigenvalue weighted by Gasteiger charge is -2.42. The molecule has 0 saturated carbocycles. The van der Waals surface area contributed by atoms with Crippen LogP contribution in [0, 0.1) is 0 Å². The molecule has 0 aromatic carbocycles. The highest BCUT2D eigenvalue weighted by atomic mass is 16.5. The Balaban J connectivity index is 1.74. The highest BCUT2D eigenvalue weighted by Crippen LogP contribution is 2.20. The highest BCUT2D eigenvalue weighted by molar-refractivity contribution is 4.83. The summed E-state index contributed by atoms with van der Waals surface area (Å²) in [7, 11) is 0. The van der Waals surface area contributed by atoms with Crippen molar-refractivity contribution in [1.29, 1.82) is 0 Å². The van der Waals surface area contributed by atoms with Gasteiger partial charge in [-0.3, -0.25) is 9.80 Å². The van der Waals surface area contributed by atoms with Gasteiger partial charge in [-0.05, 0) is 20.8 Å². The van der Waals surface area contributed by atoms with Crippen LogP contribution in [-0.4, -0.2) is 73.9 Å². The Hall–Kier alpha value is -0.160. The minimum atomic E-state index is 0.0150. The molecule has 0 aliphatic carbocycles. The number of ether oxygens (including phenoxy) is 1. The van der Waals surface area contributed by atoms with Gasteiger partial charge in [-0.25, -0.2) is 0 Å². The lowest BCUT2D eigenvalue weighted by Crippen LogP contribution is -2.54. The maximum atomic E-state index is 5.93. The number of piperazine rings is 1. The normalized spacial score (nSPS) is 31.6. The van der Waals surface area contributed by atoms with Crippen LogP contribution in [0.2, 0.25) is 0 Å². The zero-order valence-corrected chi connectivity index (χ0v) is 11.5. The molecule has 2 fully saturated rings. The number of nitrogens with one attached hydrogen (secondary N) is 1. The molecule has 2 aliphatic heterocycles. The SMILES string of the molecule is CC1CN(CCN2CCNCC2)CC(C)(C)O1. The Bertz CT molecular complexity index is 239. The summed E-state index contributed by atoms with van der Waals surface area (Å²) >= 11 is 0. The number of nitrogens with zero attached hydrogens (tertiary/aromatic N) is 2. The fraction of sp³-hybridized carbons (Fsp3) is 1.00. The standard InChI is InChI=1S/C13H27N3O/c1-12-10-16(11-13(2,3)17-12)9-8-15-6-4-14-5-7-15/h12,14H,4-11H2,1-3H3. The van der Waals surface area contributed by atoms with Crippen molar-refractivity contribution in [3.8, 4) is 0 Å². The van der Waals surface area contributed by atoms with Crippen LogP contribution in [0.5, 0.6) is 0 Å². The largest absolute Gasteiger partial charge is 0.370 e. The molecule has 0 spiro atoms. The number of hydrogen-bond acceptors (Lipinski definition) is 4. The topological polar surface area (TPSA) is 27.7 Å². The molecule has 0 bridgehead atoms. The third-order valence-corrected chi connectivity index (χ3v) is 3.58. The zero-order chi connectivity index (χ0) is 12.3. The number of morpholine rings is 1. The summed E-state index contributed by atoms with van der Waals surface area (Å²) < 4.78 is 5.93. The smallest absolute Gasteiger partial charge is 0.0757 e. The summed E-state index contributed by atoms with van der Waals surface area (Å²) in [6.45, 7) is 15.8. The lowest BCUT2D eigenvalue weighted by atomic mass is 10.1. The van der Waals surface area contributed by atoms with E-state index in [1.165, 1.54) is 26.2 Å². The third kappa shape index (κ3) is 4.21. The number of hydrogen-bond donors (Lipinski definition) is 1. The molecule has 0 aromatic heterocycles. The van der Waals surface area contributed by atoms with Gasteiger partial charge in [-0.15, -0.1) is 0 Å². The van der Waals surface area contributed by atoms with Gasteiger partial charge in [0.15, 0.2) is 0 Å². The van der Waals surface area contributed by atoms with Gasteiger partial charge in [0, 0.05) is 52.4 Å². The molecule has 0 aromatic rings. The second kappa shape index (κ2) is 5.65. The van der Waals surface area contributed by atoms with E-state index in [0.29, 0.717) is 6.10 Å². The van der Waals surface area contributed by atoms with E-state index in [1.807, 2.05) is 0 Å².